The molecule has 0 aliphatic rings. The number of aryl methyl sites for hydroxylation is 2. The molecular formula is C22H23N3O2. The molecule has 1 aromatic heterocycles. The molecule has 0 spiro atoms. The molecule has 0 unspecified atom stereocenters. The molecule has 2 aromatic carbocycles. The number of anilines is 3. The number of amides is 1. The molecule has 1 heterocycles. The number of nitrogens with one attached hydrogen (secondary N) is 2. The first-order valence-electron chi connectivity index (χ1n) is 8.89. The first-order valence-corrected chi connectivity index (χ1v) is 8.89. The summed E-state index contributed by atoms with van der Waals surface area (Å²) in [5.74, 6) is 0.510. The van der Waals surface area contributed by atoms with Gasteiger partial charge in [-0.05, 0) is 80.4 Å². The summed E-state index contributed by atoms with van der Waals surface area (Å²) in [4.78, 5) is 16.7. The van der Waals surface area contributed by atoms with Gasteiger partial charge in [-0.2, -0.15) is 0 Å². The third kappa shape index (κ3) is 4.85. The summed E-state index contributed by atoms with van der Waals surface area (Å²) in [5.41, 5.74) is 5.27. The molecule has 0 fully saturated rings. The topological polar surface area (TPSA) is 63.2 Å². The Kier molecular flexibility index (Phi) is 5.71. The maximum Gasteiger partial charge on any atom is 0.274 e. The summed E-state index contributed by atoms with van der Waals surface area (Å²) in [5, 5.41) is 6.17. The minimum Gasteiger partial charge on any atom is -0.494 e. The highest BCUT2D eigenvalue weighted by Gasteiger charge is 2.09. The standard InChI is InChI=1S/C22H23N3O2/c1-4-27-20-9-7-17(8-10-20)25-22(26)21-14-19(11-12-23-21)24-18-6-5-15(2)16(3)13-18/h5-14H,4H2,1-3H3,(H,23,24)(H,25,26). The zero-order chi connectivity index (χ0) is 19.2. The van der Waals surface area contributed by atoms with E-state index in [0.717, 1.165) is 17.1 Å². The number of hydrogen-bond acceptors (Lipinski definition) is 4. The molecule has 5 heteroatoms. The molecule has 0 bridgehead atoms. The number of ether oxygens (including phenoxy) is 1. The maximum absolute atomic E-state index is 12.5. The third-order valence-corrected chi connectivity index (χ3v) is 4.21. The van der Waals surface area contributed by atoms with Crippen LogP contribution in [0, 0.1) is 13.8 Å². The van der Waals surface area contributed by atoms with Crippen molar-refractivity contribution in [2.24, 2.45) is 0 Å². The molecule has 2 N–H and O–H groups in total. The van der Waals surface area contributed by atoms with Crippen molar-refractivity contribution < 1.29 is 9.53 Å². The van der Waals surface area contributed by atoms with Crippen molar-refractivity contribution in [3.63, 3.8) is 0 Å². The van der Waals surface area contributed by atoms with Crippen molar-refractivity contribution in [3.05, 3.63) is 77.6 Å². The molecule has 0 radical (unpaired) electrons. The van der Waals surface area contributed by atoms with Crippen molar-refractivity contribution in [1.29, 1.82) is 0 Å². The van der Waals surface area contributed by atoms with Crippen LogP contribution >= 0.6 is 0 Å². The van der Waals surface area contributed by atoms with Gasteiger partial charge in [-0.1, -0.05) is 6.07 Å². The lowest BCUT2D eigenvalue weighted by atomic mass is 10.1. The zero-order valence-electron chi connectivity index (χ0n) is 15.7. The van der Waals surface area contributed by atoms with E-state index in [1.54, 1.807) is 24.4 Å². The van der Waals surface area contributed by atoms with Gasteiger partial charge in [0.25, 0.3) is 5.91 Å². The van der Waals surface area contributed by atoms with Crippen LogP contribution < -0.4 is 15.4 Å². The fraction of sp³-hybridized carbons (Fsp3) is 0.182. The molecule has 0 aliphatic heterocycles. The summed E-state index contributed by atoms with van der Waals surface area (Å²) in [6, 6.07) is 17.0. The highest BCUT2D eigenvalue weighted by atomic mass is 16.5. The van der Waals surface area contributed by atoms with Crippen molar-refractivity contribution in [2.45, 2.75) is 20.8 Å². The number of carbonyl (C=O) groups is 1. The highest BCUT2D eigenvalue weighted by Crippen LogP contribution is 2.21. The first kappa shape index (κ1) is 18.5. The van der Waals surface area contributed by atoms with Crippen molar-refractivity contribution in [2.75, 3.05) is 17.2 Å². The Labute approximate surface area is 159 Å². The SMILES string of the molecule is CCOc1ccc(NC(=O)c2cc(Nc3ccc(C)c(C)c3)ccn2)cc1. The fourth-order valence-corrected chi connectivity index (χ4v) is 2.61. The van der Waals surface area contributed by atoms with E-state index in [1.165, 1.54) is 11.1 Å². The molecule has 3 rings (SSSR count). The van der Waals surface area contributed by atoms with Crippen molar-refractivity contribution in [1.82, 2.24) is 4.98 Å². The highest BCUT2D eigenvalue weighted by molar-refractivity contribution is 6.03. The number of carbonyl (C=O) groups excluding carboxylic acids is 1. The van der Waals surface area contributed by atoms with E-state index in [0.29, 0.717) is 18.0 Å². The number of rotatable bonds is 6. The first-order chi connectivity index (χ1) is 13.0. The van der Waals surface area contributed by atoms with Gasteiger partial charge in [-0.3, -0.25) is 9.78 Å². The number of aromatic nitrogens is 1. The van der Waals surface area contributed by atoms with Crippen LogP contribution in [0.4, 0.5) is 17.1 Å². The van der Waals surface area contributed by atoms with E-state index >= 15 is 0 Å². The lowest BCUT2D eigenvalue weighted by Gasteiger charge is -2.10. The lowest BCUT2D eigenvalue weighted by Crippen LogP contribution is -2.13. The predicted octanol–water partition coefficient (Wildman–Crippen LogP) is 5.09. The minimum atomic E-state index is -0.261. The van der Waals surface area contributed by atoms with Gasteiger partial charge < -0.3 is 15.4 Å². The fourth-order valence-electron chi connectivity index (χ4n) is 2.61. The van der Waals surface area contributed by atoms with Crippen LogP contribution in [0.25, 0.3) is 0 Å². The smallest absolute Gasteiger partial charge is 0.274 e. The van der Waals surface area contributed by atoms with Crippen LogP contribution in [0.15, 0.2) is 60.8 Å². The van der Waals surface area contributed by atoms with E-state index in [9.17, 15) is 4.79 Å². The number of nitrogens with zero attached hydrogens (tertiary/aromatic N) is 1. The van der Waals surface area contributed by atoms with Crippen LogP contribution in [-0.2, 0) is 0 Å². The van der Waals surface area contributed by atoms with Gasteiger partial charge in [-0.25, -0.2) is 0 Å². The Bertz CT molecular complexity index is 937. The Morgan fingerprint density at radius 3 is 2.33 bits per heavy atom. The van der Waals surface area contributed by atoms with Gasteiger partial charge in [0.05, 0.1) is 6.61 Å². The summed E-state index contributed by atoms with van der Waals surface area (Å²) in [6.45, 7) is 6.69. The van der Waals surface area contributed by atoms with Crippen LogP contribution in [0.5, 0.6) is 5.75 Å². The molecule has 3 aromatic rings. The van der Waals surface area contributed by atoms with Gasteiger partial charge in [0.15, 0.2) is 0 Å². The van der Waals surface area contributed by atoms with Crippen LogP contribution in [-0.4, -0.2) is 17.5 Å². The van der Waals surface area contributed by atoms with Gasteiger partial charge in [0.2, 0.25) is 0 Å². The molecule has 0 saturated heterocycles. The third-order valence-electron chi connectivity index (χ3n) is 4.21. The van der Waals surface area contributed by atoms with Crippen molar-refractivity contribution >= 4 is 23.0 Å². The van der Waals surface area contributed by atoms with Crippen LogP contribution in [0.2, 0.25) is 0 Å². The lowest BCUT2D eigenvalue weighted by molar-refractivity contribution is 0.102. The summed E-state index contributed by atoms with van der Waals surface area (Å²) < 4.78 is 5.41. The van der Waals surface area contributed by atoms with E-state index < -0.39 is 0 Å². The molecule has 0 atom stereocenters. The Morgan fingerprint density at radius 2 is 1.63 bits per heavy atom. The van der Waals surface area contributed by atoms with Gasteiger partial charge >= 0.3 is 0 Å². The van der Waals surface area contributed by atoms with Crippen LogP contribution in [0.1, 0.15) is 28.5 Å². The van der Waals surface area contributed by atoms with Crippen molar-refractivity contribution in [3.8, 4) is 5.75 Å². The Hall–Kier alpha value is -3.34. The molecule has 0 aliphatic carbocycles. The zero-order valence-corrected chi connectivity index (χ0v) is 15.7. The average Bonchev–Trinajstić information content (AvgIpc) is 2.67. The van der Waals surface area contributed by atoms with E-state index in [2.05, 4.69) is 41.6 Å². The average molecular weight is 361 g/mol. The van der Waals surface area contributed by atoms with E-state index in [4.69, 9.17) is 4.74 Å². The largest absolute Gasteiger partial charge is 0.494 e. The molecule has 0 saturated carbocycles. The maximum atomic E-state index is 12.5. The molecule has 5 nitrogen and oxygen atoms in total. The second-order valence-electron chi connectivity index (χ2n) is 6.27. The minimum absolute atomic E-state index is 0.261. The van der Waals surface area contributed by atoms with E-state index in [1.807, 2.05) is 31.2 Å². The van der Waals surface area contributed by atoms with Gasteiger partial charge in [0, 0.05) is 23.3 Å². The molecule has 27 heavy (non-hydrogen) atoms. The summed E-state index contributed by atoms with van der Waals surface area (Å²) in [7, 11) is 0. The van der Waals surface area contributed by atoms with Gasteiger partial charge in [0.1, 0.15) is 11.4 Å². The van der Waals surface area contributed by atoms with Crippen LogP contribution in [0.3, 0.4) is 0 Å². The second kappa shape index (κ2) is 8.36. The van der Waals surface area contributed by atoms with E-state index in [-0.39, 0.29) is 5.91 Å². The number of pyridine rings is 1. The normalized spacial score (nSPS) is 10.3. The second-order valence-corrected chi connectivity index (χ2v) is 6.27. The quantitative estimate of drug-likeness (QED) is 0.642. The van der Waals surface area contributed by atoms with Gasteiger partial charge in [-0.15, -0.1) is 0 Å². The monoisotopic (exact) mass is 361 g/mol. The predicted molar refractivity (Wildman–Crippen MR) is 109 cm³/mol. The Morgan fingerprint density at radius 1 is 0.926 bits per heavy atom. The summed E-state index contributed by atoms with van der Waals surface area (Å²) in [6.07, 6.45) is 1.62. The number of hydrogen-bond donors (Lipinski definition) is 2. The summed E-state index contributed by atoms with van der Waals surface area (Å²) >= 11 is 0. The Balaban J connectivity index is 1.70. The molecular weight excluding hydrogens is 338 g/mol. The molecule has 1 amide bonds. The number of benzene rings is 2. The molecule has 138 valence electrons.